The number of alkyl halides is 3. The molecule has 0 radical (unpaired) electrons. The average molecular weight is 454 g/mol. The number of hydrogen-bond donors (Lipinski definition) is 2. The second-order valence-electron chi connectivity index (χ2n) is 8.41. The summed E-state index contributed by atoms with van der Waals surface area (Å²) >= 11 is 0. The minimum Gasteiger partial charge on any atom is -0.393 e. The van der Waals surface area contributed by atoms with E-state index in [-0.39, 0.29) is 18.4 Å². The van der Waals surface area contributed by atoms with Gasteiger partial charge in [-0.2, -0.15) is 18.4 Å². The van der Waals surface area contributed by atoms with Crippen molar-refractivity contribution in [1.29, 1.82) is 0 Å². The Morgan fingerprint density at radius 1 is 1.22 bits per heavy atom. The van der Waals surface area contributed by atoms with E-state index in [9.17, 15) is 23.1 Å². The van der Waals surface area contributed by atoms with E-state index in [0.717, 1.165) is 50.7 Å². The molecule has 3 rings (SSSR count). The number of nitrogens with zero attached hydrogens (tertiary/aromatic N) is 4. The van der Waals surface area contributed by atoms with Crippen molar-refractivity contribution in [2.45, 2.75) is 82.5 Å². The smallest absolute Gasteiger partial charge is 0.393 e. The minimum atomic E-state index is -4.39. The summed E-state index contributed by atoms with van der Waals surface area (Å²) in [5.74, 6) is 0.859. The second kappa shape index (κ2) is 11.4. The molecule has 2 heterocycles. The summed E-state index contributed by atoms with van der Waals surface area (Å²) in [6, 6.07) is 5.18. The highest BCUT2D eigenvalue weighted by atomic mass is 19.4. The zero-order valence-electron chi connectivity index (χ0n) is 18.0. The number of aliphatic hydroxyl groups is 1. The summed E-state index contributed by atoms with van der Waals surface area (Å²) in [6.07, 6.45) is 2.15. The Labute approximate surface area is 185 Å². The fourth-order valence-electron chi connectivity index (χ4n) is 4.24. The van der Waals surface area contributed by atoms with Crippen LogP contribution in [0.25, 0.3) is 0 Å². The molecule has 0 aliphatic carbocycles. The summed E-state index contributed by atoms with van der Waals surface area (Å²) in [6.45, 7) is 0.704. The fourth-order valence-corrected chi connectivity index (χ4v) is 4.24. The molecule has 2 aromatic rings. The molecule has 176 valence electrons. The Morgan fingerprint density at radius 3 is 2.78 bits per heavy atom. The molecule has 7 nitrogen and oxygen atoms in total. The van der Waals surface area contributed by atoms with E-state index in [1.165, 1.54) is 6.07 Å². The highest BCUT2D eigenvalue weighted by Crippen LogP contribution is 2.30. The summed E-state index contributed by atoms with van der Waals surface area (Å²) in [4.78, 5) is 14.2. The van der Waals surface area contributed by atoms with Gasteiger partial charge in [-0.15, -0.1) is 10.2 Å². The predicted molar refractivity (Wildman–Crippen MR) is 111 cm³/mol. The van der Waals surface area contributed by atoms with E-state index in [1.807, 2.05) is 4.90 Å². The number of likely N-dealkylation sites (tertiary alicyclic amines) is 1. The molecule has 1 aromatic carbocycles. The van der Waals surface area contributed by atoms with Gasteiger partial charge in [0.15, 0.2) is 5.82 Å². The number of unbranched alkanes of at least 4 members (excludes halogenated alkanes) is 3. The zero-order valence-corrected chi connectivity index (χ0v) is 18.0. The van der Waals surface area contributed by atoms with E-state index in [0.29, 0.717) is 37.2 Å². The number of tetrazole rings is 1. The normalized spacial score (nSPS) is 17.8. The number of halogens is 3. The lowest BCUT2D eigenvalue weighted by Gasteiger charge is -2.26. The first-order valence-corrected chi connectivity index (χ1v) is 11.2. The number of nitrogens with one attached hydrogen (secondary N) is 1. The first kappa shape index (κ1) is 24.2. The number of hydrogen-bond acceptors (Lipinski definition) is 5. The number of amides is 1. The maximum Gasteiger partial charge on any atom is 0.416 e. The first-order chi connectivity index (χ1) is 15.3. The van der Waals surface area contributed by atoms with Crippen molar-refractivity contribution in [3.63, 3.8) is 0 Å². The Morgan fingerprint density at radius 2 is 2.03 bits per heavy atom. The van der Waals surface area contributed by atoms with Crippen molar-refractivity contribution in [1.82, 2.24) is 25.5 Å². The SMILES string of the molecule is O=C1CC[C@H](CC[C@H](O)Cc2cccc(C(F)(F)F)c2)N1CCCCCCc1nn[nH]n1. The highest BCUT2D eigenvalue weighted by molar-refractivity contribution is 5.78. The Bertz CT molecular complexity index is 844. The van der Waals surface area contributed by atoms with Gasteiger partial charge in [0, 0.05) is 25.4 Å². The van der Waals surface area contributed by atoms with Gasteiger partial charge in [0.25, 0.3) is 0 Å². The standard InChI is InChI=1S/C22H30F3N5O2/c23-22(24,25)17-7-5-6-16(14-17)15-19(31)11-9-18-10-12-21(32)30(18)13-4-2-1-3-8-20-26-28-29-27-20/h5-7,14,18-19,31H,1-4,8-13,15H2,(H,26,27,28,29)/t18-,19-/m0/s1. The molecule has 1 aliphatic rings. The van der Waals surface area contributed by atoms with Crippen LogP contribution in [0.5, 0.6) is 0 Å². The molecule has 0 unspecified atom stereocenters. The number of aromatic amines is 1. The Hall–Kier alpha value is -2.49. The van der Waals surface area contributed by atoms with Crippen molar-refractivity contribution in [3.8, 4) is 0 Å². The van der Waals surface area contributed by atoms with Crippen LogP contribution in [0, 0.1) is 0 Å². The van der Waals surface area contributed by atoms with Gasteiger partial charge < -0.3 is 10.0 Å². The lowest BCUT2D eigenvalue weighted by Crippen LogP contribution is -2.34. The number of rotatable bonds is 12. The number of carbonyl (C=O) groups is 1. The molecule has 2 N–H and O–H groups in total. The molecule has 0 spiro atoms. The average Bonchev–Trinajstić information content (AvgIpc) is 3.39. The summed E-state index contributed by atoms with van der Waals surface area (Å²) in [7, 11) is 0. The molecular formula is C22H30F3N5O2. The lowest BCUT2D eigenvalue weighted by molar-refractivity contribution is -0.137. The van der Waals surface area contributed by atoms with Crippen molar-refractivity contribution in [2.24, 2.45) is 0 Å². The van der Waals surface area contributed by atoms with Crippen LogP contribution in [0.4, 0.5) is 13.2 Å². The molecular weight excluding hydrogens is 423 g/mol. The molecule has 1 saturated heterocycles. The second-order valence-corrected chi connectivity index (χ2v) is 8.41. The lowest BCUT2D eigenvalue weighted by atomic mass is 9.99. The quantitative estimate of drug-likeness (QED) is 0.478. The van der Waals surface area contributed by atoms with E-state index in [2.05, 4.69) is 20.6 Å². The number of aromatic nitrogens is 4. The van der Waals surface area contributed by atoms with Crippen LogP contribution in [-0.4, -0.2) is 55.2 Å². The summed E-state index contributed by atoms with van der Waals surface area (Å²) in [5.41, 5.74) is -0.237. The largest absolute Gasteiger partial charge is 0.416 e. The van der Waals surface area contributed by atoms with Crippen LogP contribution in [0.2, 0.25) is 0 Å². The number of aliphatic hydroxyl groups excluding tert-OH is 1. The highest BCUT2D eigenvalue weighted by Gasteiger charge is 2.31. The zero-order chi connectivity index (χ0) is 23.0. The molecule has 10 heteroatoms. The summed E-state index contributed by atoms with van der Waals surface area (Å²) in [5, 5.41) is 24.2. The molecule has 1 aromatic heterocycles. The van der Waals surface area contributed by atoms with Crippen molar-refractivity contribution >= 4 is 5.91 Å². The van der Waals surface area contributed by atoms with Crippen LogP contribution in [0.3, 0.4) is 0 Å². The van der Waals surface area contributed by atoms with E-state index in [4.69, 9.17) is 0 Å². The van der Waals surface area contributed by atoms with Crippen LogP contribution < -0.4 is 0 Å². The van der Waals surface area contributed by atoms with Crippen LogP contribution >= 0.6 is 0 Å². The number of aryl methyl sites for hydroxylation is 1. The van der Waals surface area contributed by atoms with Crippen LogP contribution in [0.15, 0.2) is 24.3 Å². The Balaban J connectivity index is 1.37. The third-order valence-electron chi connectivity index (χ3n) is 5.95. The van der Waals surface area contributed by atoms with Crippen molar-refractivity contribution in [2.75, 3.05) is 6.54 Å². The van der Waals surface area contributed by atoms with Gasteiger partial charge >= 0.3 is 6.18 Å². The van der Waals surface area contributed by atoms with E-state index < -0.39 is 17.8 Å². The maximum absolute atomic E-state index is 12.9. The molecule has 0 bridgehead atoms. The number of benzene rings is 1. The number of carbonyl (C=O) groups excluding carboxylic acids is 1. The molecule has 1 aliphatic heterocycles. The molecule has 0 saturated carbocycles. The maximum atomic E-state index is 12.9. The van der Waals surface area contributed by atoms with Gasteiger partial charge in [-0.25, -0.2) is 0 Å². The predicted octanol–water partition coefficient (Wildman–Crippen LogP) is 3.70. The van der Waals surface area contributed by atoms with Crippen molar-refractivity contribution < 1.29 is 23.1 Å². The molecule has 32 heavy (non-hydrogen) atoms. The molecule has 1 amide bonds. The number of H-pyrrole nitrogens is 1. The van der Waals surface area contributed by atoms with Gasteiger partial charge in [-0.3, -0.25) is 4.79 Å². The third kappa shape index (κ3) is 7.29. The van der Waals surface area contributed by atoms with Crippen molar-refractivity contribution in [3.05, 3.63) is 41.2 Å². The first-order valence-electron chi connectivity index (χ1n) is 11.2. The monoisotopic (exact) mass is 453 g/mol. The van der Waals surface area contributed by atoms with E-state index >= 15 is 0 Å². The van der Waals surface area contributed by atoms with Gasteiger partial charge in [-0.05, 0) is 50.2 Å². The minimum absolute atomic E-state index is 0.0954. The molecule has 1 fully saturated rings. The van der Waals surface area contributed by atoms with E-state index in [1.54, 1.807) is 6.07 Å². The van der Waals surface area contributed by atoms with Crippen LogP contribution in [-0.2, 0) is 23.8 Å². The topological polar surface area (TPSA) is 95.0 Å². The molecule has 2 atom stereocenters. The summed E-state index contributed by atoms with van der Waals surface area (Å²) < 4.78 is 38.6. The van der Waals surface area contributed by atoms with Gasteiger partial charge in [-0.1, -0.05) is 36.3 Å². The van der Waals surface area contributed by atoms with Gasteiger partial charge in [0.05, 0.1) is 11.7 Å². The van der Waals surface area contributed by atoms with Gasteiger partial charge in [0.2, 0.25) is 5.91 Å². The fraction of sp³-hybridized carbons (Fsp3) is 0.636. The van der Waals surface area contributed by atoms with Crippen LogP contribution in [0.1, 0.15) is 68.3 Å². The third-order valence-corrected chi connectivity index (χ3v) is 5.95. The van der Waals surface area contributed by atoms with Gasteiger partial charge in [0.1, 0.15) is 0 Å². The Kier molecular flexibility index (Phi) is 8.60.